The number of aromatic nitrogens is 3. The van der Waals surface area contributed by atoms with Crippen molar-refractivity contribution >= 4 is 11.8 Å². The number of halogens is 2. The minimum atomic E-state index is -2.47. The highest BCUT2D eigenvalue weighted by atomic mass is 32.2. The molecule has 0 aromatic carbocycles. The van der Waals surface area contributed by atoms with E-state index in [0.717, 1.165) is 0 Å². The summed E-state index contributed by atoms with van der Waals surface area (Å²) < 4.78 is 25.6. The molecule has 0 bridgehead atoms. The van der Waals surface area contributed by atoms with Crippen LogP contribution in [0.25, 0.3) is 0 Å². The second-order valence-corrected chi connectivity index (χ2v) is 3.31. The third kappa shape index (κ3) is 2.63. The van der Waals surface area contributed by atoms with E-state index < -0.39 is 5.76 Å². The molecular weight excluding hydrogens is 198 g/mol. The zero-order valence-corrected chi connectivity index (χ0v) is 7.89. The lowest BCUT2D eigenvalue weighted by Crippen LogP contribution is -2.12. The van der Waals surface area contributed by atoms with E-state index in [0.29, 0.717) is 30.7 Å². The Morgan fingerprint density at radius 2 is 2.23 bits per heavy atom. The number of hydrogen-bond donors (Lipinski definition) is 1. The third-order valence-corrected chi connectivity index (χ3v) is 2.14. The lowest BCUT2D eigenvalue weighted by Gasteiger charge is -2.04. The van der Waals surface area contributed by atoms with E-state index in [1.165, 1.54) is 0 Å². The molecule has 0 aliphatic carbocycles. The second kappa shape index (κ2) is 4.52. The molecule has 1 aromatic heterocycles. The number of nitrogens with zero attached hydrogens (tertiary/aromatic N) is 3. The number of thioether (sulfide) groups is 1. The van der Waals surface area contributed by atoms with Crippen LogP contribution in [0.3, 0.4) is 0 Å². The van der Waals surface area contributed by atoms with E-state index >= 15 is 0 Å². The number of nitrogens with two attached hydrogens (primary N) is 1. The van der Waals surface area contributed by atoms with Crippen molar-refractivity contribution < 1.29 is 8.78 Å². The Morgan fingerprint density at radius 1 is 1.54 bits per heavy atom. The van der Waals surface area contributed by atoms with Crippen LogP contribution >= 0.6 is 11.8 Å². The summed E-state index contributed by atoms with van der Waals surface area (Å²) >= 11 is 0.386. The molecule has 0 saturated carbocycles. The summed E-state index contributed by atoms with van der Waals surface area (Å²) in [7, 11) is 0. The van der Waals surface area contributed by atoms with Crippen LogP contribution in [0.15, 0.2) is 5.16 Å². The normalized spacial score (nSPS) is 11.2. The summed E-state index contributed by atoms with van der Waals surface area (Å²) in [4.78, 5) is 0. The lowest BCUT2D eigenvalue weighted by molar-refractivity contribution is 0.251. The summed E-state index contributed by atoms with van der Waals surface area (Å²) in [5.74, 6) is -1.87. The van der Waals surface area contributed by atoms with E-state index in [-0.39, 0.29) is 5.16 Å². The van der Waals surface area contributed by atoms with E-state index in [1.807, 2.05) is 0 Å². The van der Waals surface area contributed by atoms with Crippen molar-refractivity contribution in [2.24, 2.45) is 5.73 Å². The molecule has 0 fully saturated rings. The Labute approximate surface area is 78.5 Å². The largest absolute Gasteiger partial charge is 0.329 e. The molecule has 74 valence electrons. The Bertz CT molecular complexity index is 276. The molecule has 0 amide bonds. The van der Waals surface area contributed by atoms with Crippen LogP contribution < -0.4 is 5.73 Å². The molecule has 0 unspecified atom stereocenters. The quantitative estimate of drug-likeness (QED) is 0.745. The maximum absolute atomic E-state index is 12.0. The molecule has 4 nitrogen and oxygen atoms in total. The number of alkyl halides is 2. The van der Waals surface area contributed by atoms with Crippen LogP contribution in [0, 0.1) is 6.92 Å². The van der Waals surface area contributed by atoms with Gasteiger partial charge in [0.1, 0.15) is 5.82 Å². The molecule has 0 spiro atoms. The average Bonchev–Trinajstić information content (AvgIpc) is 2.35. The van der Waals surface area contributed by atoms with Crippen LogP contribution in [0.5, 0.6) is 0 Å². The van der Waals surface area contributed by atoms with Crippen LogP contribution in [-0.2, 0) is 6.54 Å². The molecule has 0 saturated heterocycles. The van der Waals surface area contributed by atoms with Gasteiger partial charge in [-0.25, -0.2) is 0 Å². The van der Waals surface area contributed by atoms with Gasteiger partial charge in [-0.2, -0.15) is 8.78 Å². The Balaban J connectivity index is 2.80. The summed E-state index contributed by atoms with van der Waals surface area (Å²) in [6.07, 6.45) is 0. The summed E-state index contributed by atoms with van der Waals surface area (Å²) in [6, 6.07) is 0. The first-order chi connectivity index (χ1) is 6.15. The number of aryl methyl sites for hydroxylation is 1. The van der Waals surface area contributed by atoms with Gasteiger partial charge < -0.3 is 10.3 Å². The molecule has 1 aromatic rings. The van der Waals surface area contributed by atoms with E-state index in [9.17, 15) is 8.78 Å². The van der Waals surface area contributed by atoms with Gasteiger partial charge in [-0.05, 0) is 18.7 Å². The molecule has 7 heteroatoms. The maximum atomic E-state index is 12.0. The number of rotatable bonds is 4. The van der Waals surface area contributed by atoms with Crippen LogP contribution in [0.1, 0.15) is 5.82 Å². The van der Waals surface area contributed by atoms with Crippen molar-refractivity contribution in [3.8, 4) is 0 Å². The zero-order chi connectivity index (χ0) is 9.84. The highest BCUT2D eigenvalue weighted by Gasteiger charge is 2.13. The van der Waals surface area contributed by atoms with Crippen molar-refractivity contribution in [3.05, 3.63) is 5.82 Å². The van der Waals surface area contributed by atoms with Gasteiger partial charge >= 0.3 is 0 Å². The fraction of sp³-hybridized carbons (Fsp3) is 0.667. The van der Waals surface area contributed by atoms with Gasteiger partial charge in [0.05, 0.1) is 0 Å². The van der Waals surface area contributed by atoms with Gasteiger partial charge in [0.15, 0.2) is 5.16 Å². The second-order valence-electron chi connectivity index (χ2n) is 2.35. The third-order valence-electron chi connectivity index (χ3n) is 1.45. The summed E-state index contributed by atoms with van der Waals surface area (Å²) in [5.41, 5.74) is 5.32. The summed E-state index contributed by atoms with van der Waals surface area (Å²) in [5, 5.41) is 7.53. The van der Waals surface area contributed by atoms with Crippen molar-refractivity contribution in [2.45, 2.75) is 24.4 Å². The van der Waals surface area contributed by atoms with Crippen molar-refractivity contribution in [1.29, 1.82) is 0 Å². The molecule has 0 atom stereocenters. The fourth-order valence-electron chi connectivity index (χ4n) is 0.915. The first-order valence-corrected chi connectivity index (χ1v) is 4.57. The monoisotopic (exact) mass is 208 g/mol. The molecule has 0 aliphatic heterocycles. The van der Waals surface area contributed by atoms with Gasteiger partial charge in [-0.3, -0.25) is 0 Å². The van der Waals surface area contributed by atoms with E-state index in [2.05, 4.69) is 10.2 Å². The van der Waals surface area contributed by atoms with Gasteiger partial charge in [0.2, 0.25) is 0 Å². The van der Waals surface area contributed by atoms with Gasteiger partial charge in [-0.15, -0.1) is 10.2 Å². The molecule has 0 aliphatic rings. The molecule has 0 radical (unpaired) electrons. The zero-order valence-electron chi connectivity index (χ0n) is 7.07. The fourth-order valence-corrected chi connectivity index (χ4v) is 1.51. The Hall–Kier alpha value is -0.690. The highest BCUT2D eigenvalue weighted by Crippen LogP contribution is 2.23. The topological polar surface area (TPSA) is 56.7 Å². The predicted molar refractivity (Wildman–Crippen MR) is 45.7 cm³/mol. The van der Waals surface area contributed by atoms with E-state index in [1.54, 1.807) is 11.5 Å². The maximum Gasteiger partial charge on any atom is 0.291 e. The SMILES string of the molecule is Cc1nnc(SC(F)F)n1CCN. The first-order valence-electron chi connectivity index (χ1n) is 3.70. The van der Waals surface area contributed by atoms with Gasteiger partial charge in [-0.1, -0.05) is 0 Å². The van der Waals surface area contributed by atoms with Crippen LogP contribution in [-0.4, -0.2) is 27.1 Å². The summed E-state index contributed by atoms with van der Waals surface area (Å²) in [6.45, 7) is 2.56. The predicted octanol–water partition coefficient (Wildman–Crippen LogP) is 0.860. The molecule has 1 heterocycles. The van der Waals surface area contributed by atoms with Crippen molar-refractivity contribution in [1.82, 2.24) is 14.8 Å². The standard InChI is InChI=1S/C6H10F2N4S/c1-4-10-11-6(13-5(7)8)12(4)3-2-9/h5H,2-3,9H2,1H3. The van der Waals surface area contributed by atoms with Crippen LogP contribution in [0.4, 0.5) is 8.78 Å². The van der Waals surface area contributed by atoms with E-state index in [4.69, 9.17) is 5.73 Å². The first kappa shape index (κ1) is 10.4. The smallest absolute Gasteiger partial charge is 0.291 e. The average molecular weight is 208 g/mol. The number of hydrogen-bond acceptors (Lipinski definition) is 4. The molecule has 13 heavy (non-hydrogen) atoms. The molecular formula is C6H10F2N4S. The Kier molecular flexibility index (Phi) is 3.61. The van der Waals surface area contributed by atoms with Gasteiger partial charge in [0, 0.05) is 13.1 Å². The molecule has 1 rings (SSSR count). The van der Waals surface area contributed by atoms with Crippen molar-refractivity contribution in [2.75, 3.05) is 6.54 Å². The van der Waals surface area contributed by atoms with Crippen molar-refractivity contribution in [3.63, 3.8) is 0 Å². The Morgan fingerprint density at radius 3 is 2.77 bits per heavy atom. The molecule has 2 N–H and O–H groups in total. The lowest BCUT2D eigenvalue weighted by atomic mass is 10.6. The van der Waals surface area contributed by atoms with Gasteiger partial charge in [0.25, 0.3) is 5.76 Å². The minimum absolute atomic E-state index is 0.220. The van der Waals surface area contributed by atoms with Crippen LogP contribution in [0.2, 0.25) is 0 Å². The highest BCUT2D eigenvalue weighted by molar-refractivity contribution is 7.99. The minimum Gasteiger partial charge on any atom is -0.329 e.